The summed E-state index contributed by atoms with van der Waals surface area (Å²) in [7, 11) is 0. The van der Waals surface area contributed by atoms with Crippen LogP contribution in [-0.4, -0.2) is 54.7 Å². The molecule has 0 radical (unpaired) electrons. The normalized spacial score (nSPS) is 14.7. The van der Waals surface area contributed by atoms with E-state index < -0.39 is 5.82 Å². The van der Waals surface area contributed by atoms with Crippen molar-refractivity contribution in [3.05, 3.63) is 53.3 Å². The molecule has 34 heavy (non-hydrogen) atoms. The summed E-state index contributed by atoms with van der Waals surface area (Å²) in [4.78, 5) is 15.1. The van der Waals surface area contributed by atoms with Gasteiger partial charge in [-0.25, -0.2) is 4.39 Å². The first kappa shape index (κ1) is 24.7. The molecule has 182 valence electrons. The third kappa shape index (κ3) is 6.17. The molecular formula is C27H32ClFN2O3. The lowest BCUT2D eigenvalue weighted by Crippen LogP contribution is -2.37. The summed E-state index contributed by atoms with van der Waals surface area (Å²) in [6, 6.07) is 12.6. The maximum atomic E-state index is 13.8. The van der Waals surface area contributed by atoms with Gasteiger partial charge in [-0.3, -0.25) is 9.69 Å². The molecule has 1 aromatic heterocycles. The number of rotatable bonds is 10. The van der Waals surface area contributed by atoms with Crippen LogP contribution in [0.2, 0.25) is 5.02 Å². The zero-order chi connectivity index (χ0) is 24.1. The molecule has 5 nitrogen and oxygen atoms in total. The van der Waals surface area contributed by atoms with Gasteiger partial charge in [0, 0.05) is 42.7 Å². The summed E-state index contributed by atoms with van der Waals surface area (Å²) in [5.74, 6) is 0.779. The SMILES string of the molecule is CC(C)CC(=O)Cn1c(-c2ccc(F)c(Cl)c2)cc2cc(OCCCN3CCOCC3)ccc21. The van der Waals surface area contributed by atoms with Gasteiger partial charge < -0.3 is 14.0 Å². The van der Waals surface area contributed by atoms with Crippen LogP contribution < -0.4 is 4.74 Å². The van der Waals surface area contributed by atoms with E-state index in [1.807, 2.05) is 42.7 Å². The van der Waals surface area contributed by atoms with E-state index in [1.54, 1.807) is 12.1 Å². The molecule has 0 saturated carbocycles. The Bertz CT molecular complexity index is 1140. The van der Waals surface area contributed by atoms with Crippen LogP contribution in [0.4, 0.5) is 4.39 Å². The van der Waals surface area contributed by atoms with Crippen LogP contribution in [0.15, 0.2) is 42.5 Å². The monoisotopic (exact) mass is 486 g/mol. The van der Waals surface area contributed by atoms with Crippen molar-refractivity contribution >= 4 is 28.3 Å². The van der Waals surface area contributed by atoms with Crippen molar-refractivity contribution in [2.45, 2.75) is 33.2 Å². The van der Waals surface area contributed by atoms with Crippen molar-refractivity contribution in [2.75, 3.05) is 39.5 Å². The van der Waals surface area contributed by atoms with Gasteiger partial charge in [0.25, 0.3) is 0 Å². The van der Waals surface area contributed by atoms with Gasteiger partial charge in [0.15, 0.2) is 5.78 Å². The highest BCUT2D eigenvalue weighted by atomic mass is 35.5. The molecule has 0 aliphatic carbocycles. The molecule has 0 atom stereocenters. The second-order valence-corrected chi connectivity index (χ2v) is 9.67. The summed E-state index contributed by atoms with van der Waals surface area (Å²) in [5.41, 5.74) is 2.54. The predicted octanol–water partition coefficient (Wildman–Crippen LogP) is 5.82. The predicted molar refractivity (Wildman–Crippen MR) is 134 cm³/mol. The van der Waals surface area contributed by atoms with E-state index in [1.165, 1.54) is 6.07 Å². The first-order chi connectivity index (χ1) is 16.4. The van der Waals surface area contributed by atoms with E-state index in [9.17, 15) is 9.18 Å². The number of ether oxygens (including phenoxy) is 2. The first-order valence-corrected chi connectivity index (χ1v) is 12.3. The Kier molecular flexibility index (Phi) is 8.24. The lowest BCUT2D eigenvalue weighted by molar-refractivity contribution is -0.120. The molecular weight excluding hydrogens is 455 g/mol. The Labute approximate surface area is 205 Å². The highest BCUT2D eigenvalue weighted by Gasteiger charge is 2.16. The van der Waals surface area contributed by atoms with E-state index in [0.29, 0.717) is 13.0 Å². The van der Waals surface area contributed by atoms with Crippen LogP contribution >= 0.6 is 11.6 Å². The number of benzene rings is 2. The number of morpholine rings is 1. The standard InChI is InChI=1S/C27H32ClFN2O3/c1-19(2)14-22(32)18-31-26-7-5-23(34-11-3-8-30-9-12-33-13-10-30)15-21(26)17-27(31)20-4-6-25(29)24(28)16-20/h4-7,15-17,19H,3,8-14,18H2,1-2H3. The summed E-state index contributed by atoms with van der Waals surface area (Å²) >= 11 is 6.06. The number of nitrogens with zero attached hydrogens (tertiary/aromatic N) is 2. The van der Waals surface area contributed by atoms with Crippen molar-refractivity contribution in [2.24, 2.45) is 5.92 Å². The lowest BCUT2D eigenvalue weighted by Gasteiger charge is -2.26. The molecule has 0 unspecified atom stereocenters. The average Bonchev–Trinajstić information content (AvgIpc) is 3.16. The lowest BCUT2D eigenvalue weighted by atomic mass is 10.1. The molecule has 7 heteroatoms. The number of aromatic nitrogens is 1. The minimum atomic E-state index is -0.461. The number of hydrogen-bond donors (Lipinski definition) is 0. The zero-order valence-electron chi connectivity index (χ0n) is 19.9. The van der Waals surface area contributed by atoms with Gasteiger partial charge in [0.05, 0.1) is 31.4 Å². The van der Waals surface area contributed by atoms with Crippen molar-refractivity contribution in [3.8, 4) is 17.0 Å². The van der Waals surface area contributed by atoms with Crippen LogP contribution in [0.3, 0.4) is 0 Å². The minimum absolute atomic E-state index is 0.0621. The number of Topliss-reactive ketones (excluding diaryl/α,β-unsaturated/α-hetero) is 1. The molecule has 1 aliphatic rings. The number of ketones is 1. The van der Waals surface area contributed by atoms with E-state index >= 15 is 0 Å². The Hall–Kier alpha value is -2.41. The molecule has 0 N–H and O–H groups in total. The zero-order valence-corrected chi connectivity index (χ0v) is 20.6. The number of fused-ring (bicyclic) bond motifs is 1. The van der Waals surface area contributed by atoms with Gasteiger partial charge in [0.1, 0.15) is 11.6 Å². The third-order valence-electron chi connectivity index (χ3n) is 6.05. The number of carbonyl (C=O) groups is 1. The van der Waals surface area contributed by atoms with E-state index in [-0.39, 0.29) is 23.3 Å². The topological polar surface area (TPSA) is 43.7 Å². The second kappa shape index (κ2) is 11.3. The number of carbonyl (C=O) groups excluding carboxylic acids is 1. The van der Waals surface area contributed by atoms with Crippen molar-refractivity contribution in [1.82, 2.24) is 9.47 Å². The van der Waals surface area contributed by atoms with Gasteiger partial charge in [-0.05, 0) is 60.4 Å². The fourth-order valence-electron chi connectivity index (χ4n) is 4.40. The quantitative estimate of drug-likeness (QED) is 0.339. The Morgan fingerprint density at radius 3 is 2.68 bits per heavy atom. The van der Waals surface area contributed by atoms with Gasteiger partial charge in [-0.1, -0.05) is 25.4 Å². The fourth-order valence-corrected chi connectivity index (χ4v) is 4.58. The molecule has 0 spiro atoms. The fraction of sp³-hybridized carbons (Fsp3) is 0.444. The van der Waals surface area contributed by atoms with Crippen molar-refractivity contribution in [3.63, 3.8) is 0 Å². The maximum Gasteiger partial charge on any atom is 0.152 e. The summed E-state index contributed by atoms with van der Waals surface area (Å²) in [6.45, 7) is 9.52. The summed E-state index contributed by atoms with van der Waals surface area (Å²) in [5, 5.41) is 1.03. The molecule has 2 aromatic carbocycles. The molecule has 3 aromatic rings. The number of hydrogen-bond acceptors (Lipinski definition) is 4. The number of halogens is 2. The van der Waals surface area contributed by atoms with Crippen LogP contribution in [0.5, 0.6) is 5.75 Å². The third-order valence-corrected chi connectivity index (χ3v) is 6.34. The smallest absolute Gasteiger partial charge is 0.152 e. The van der Waals surface area contributed by atoms with Crippen molar-refractivity contribution in [1.29, 1.82) is 0 Å². The highest BCUT2D eigenvalue weighted by Crippen LogP contribution is 2.33. The van der Waals surface area contributed by atoms with Crippen LogP contribution in [0.1, 0.15) is 26.7 Å². The molecule has 4 rings (SSSR count). The van der Waals surface area contributed by atoms with E-state index in [2.05, 4.69) is 4.90 Å². The van der Waals surface area contributed by atoms with Crippen LogP contribution in [0, 0.1) is 11.7 Å². The first-order valence-electron chi connectivity index (χ1n) is 11.9. The molecule has 2 heterocycles. The maximum absolute atomic E-state index is 13.8. The summed E-state index contributed by atoms with van der Waals surface area (Å²) < 4.78 is 27.2. The van der Waals surface area contributed by atoms with Crippen LogP contribution in [0.25, 0.3) is 22.2 Å². The largest absolute Gasteiger partial charge is 0.494 e. The second-order valence-electron chi connectivity index (χ2n) is 9.26. The van der Waals surface area contributed by atoms with Crippen LogP contribution in [-0.2, 0) is 16.1 Å². The summed E-state index contributed by atoms with van der Waals surface area (Å²) in [6.07, 6.45) is 1.45. The molecule has 1 aliphatic heterocycles. The minimum Gasteiger partial charge on any atom is -0.494 e. The molecule has 1 fully saturated rings. The van der Waals surface area contributed by atoms with E-state index in [4.69, 9.17) is 21.1 Å². The van der Waals surface area contributed by atoms with Gasteiger partial charge in [-0.2, -0.15) is 0 Å². The average molecular weight is 487 g/mol. The van der Waals surface area contributed by atoms with Gasteiger partial charge in [-0.15, -0.1) is 0 Å². The Morgan fingerprint density at radius 2 is 1.94 bits per heavy atom. The Balaban J connectivity index is 1.54. The highest BCUT2D eigenvalue weighted by molar-refractivity contribution is 6.31. The molecule has 0 amide bonds. The van der Waals surface area contributed by atoms with Gasteiger partial charge in [0.2, 0.25) is 0 Å². The molecule has 1 saturated heterocycles. The van der Waals surface area contributed by atoms with Crippen molar-refractivity contribution < 1.29 is 18.7 Å². The Morgan fingerprint density at radius 1 is 1.15 bits per heavy atom. The molecule has 0 bridgehead atoms. The van der Waals surface area contributed by atoms with E-state index in [0.717, 1.165) is 67.2 Å². The van der Waals surface area contributed by atoms with Gasteiger partial charge >= 0.3 is 0 Å².